The van der Waals surface area contributed by atoms with Crippen molar-refractivity contribution < 1.29 is 12.8 Å². The van der Waals surface area contributed by atoms with Crippen LogP contribution in [0.15, 0.2) is 93.5 Å². The topological polar surface area (TPSA) is 122 Å². The SMILES string of the molecule is O=S(=O)(Nc1ncccn1)c1ccc(-c2ccc(/C=N\NC(=S)Nc3cccc(Cl)c3)o2)cc1. The normalized spacial score (nSPS) is 11.3. The number of hydrazone groups is 1. The zero-order chi connectivity index (χ0) is 24.0. The molecule has 3 N–H and O–H groups in total. The van der Waals surface area contributed by atoms with Crippen LogP contribution in [0.2, 0.25) is 5.02 Å². The Morgan fingerprint density at radius 3 is 2.53 bits per heavy atom. The Labute approximate surface area is 206 Å². The molecule has 4 aromatic rings. The van der Waals surface area contributed by atoms with E-state index >= 15 is 0 Å². The molecule has 0 radical (unpaired) electrons. The first-order valence-electron chi connectivity index (χ1n) is 9.75. The molecule has 0 bridgehead atoms. The second-order valence-electron chi connectivity index (χ2n) is 6.74. The minimum atomic E-state index is -3.81. The van der Waals surface area contributed by atoms with Gasteiger partial charge in [0.25, 0.3) is 10.0 Å². The summed E-state index contributed by atoms with van der Waals surface area (Å²) in [6.07, 6.45) is 4.37. The number of rotatable bonds is 7. The average Bonchev–Trinajstić information content (AvgIpc) is 3.28. The van der Waals surface area contributed by atoms with E-state index in [1.165, 1.54) is 30.7 Å². The smallest absolute Gasteiger partial charge is 0.264 e. The van der Waals surface area contributed by atoms with Gasteiger partial charge in [-0.25, -0.2) is 23.1 Å². The van der Waals surface area contributed by atoms with Gasteiger partial charge >= 0.3 is 0 Å². The first-order valence-corrected chi connectivity index (χ1v) is 12.0. The van der Waals surface area contributed by atoms with Crippen molar-refractivity contribution in [1.29, 1.82) is 0 Å². The van der Waals surface area contributed by atoms with E-state index in [0.717, 1.165) is 5.69 Å². The number of anilines is 2. The second-order valence-corrected chi connectivity index (χ2v) is 9.27. The summed E-state index contributed by atoms with van der Waals surface area (Å²) in [7, 11) is -3.81. The van der Waals surface area contributed by atoms with Gasteiger partial charge in [-0.15, -0.1) is 0 Å². The number of sulfonamides is 1. The largest absolute Gasteiger partial charge is 0.455 e. The molecule has 0 aliphatic carbocycles. The van der Waals surface area contributed by atoms with Crippen LogP contribution in [0.3, 0.4) is 0 Å². The van der Waals surface area contributed by atoms with Gasteiger partial charge in [-0.1, -0.05) is 17.7 Å². The molecule has 0 atom stereocenters. The maximum Gasteiger partial charge on any atom is 0.264 e. The average molecular weight is 513 g/mol. The van der Waals surface area contributed by atoms with Crippen LogP contribution in [0.4, 0.5) is 11.6 Å². The van der Waals surface area contributed by atoms with Gasteiger partial charge in [0.05, 0.1) is 11.1 Å². The Hall–Kier alpha value is -3.80. The van der Waals surface area contributed by atoms with E-state index in [2.05, 4.69) is 30.5 Å². The predicted octanol–water partition coefficient (Wildman–Crippen LogP) is 4.51. The van der Waals surface area contributed by atoms with Crippen LogP contribution in [-0.2, 0) is 10.0 Å². The quantitative estimate of drug-likeness (QED) is 0.188. The summed E-state index contributed by atoms with van der Waals surface area (Å²) in [6.45, 7) is 0. The monoisotopic (exact) mass is 512 g/mol. The van der Waals surface area contributed by atoms with Crippen LogP contribution < -0.4 is 15.5 Å². The van der Waals surface area contributed by atoms with Gasteiger partial charge in [-0.3, -0.25) is 5.43 Å². The van der Waals surface area contributed by atoms with Gasteiger partial charge < -0.3 is 9.73 Å². The molecule has 0 aliphatic heterocycles. The van der Waals surface area contributed by atoms with Crippen LogP contribution in [0.1, 0.15) is 5.76 Å². The van der Waals surface area contributed by atoms with E-state index in [-0.39, 0.29) is 16.0 Å². The molecule has 34 heavy (non-hydrogen) atoms. The Morgan fingerprint density at radius 2 is 1.79 bits per heavy atom. The van der Waals surface area contributed by atoms with Crippen LogP contribution in [0.25, 0.3) is 11.3 Å². The van der Waals surface area contributed by atoms with Crippen molar-refractivity contribution in [3.05, 3.63) is 89.9 Å². The molecule has 0 spiro atoms. The molecule has 12 heteroatoms. The third-order valence-electron chi connectivity index (χ3n) is 4.31. The van der Waals surface area contributed by atoms with Gasteiger partial charge in [-0.2, -0.15) is 5.10 Å². The maximum atomic E-state index is 12.5. The van der Waals surface area contributed by atoms with Crippen molar-refractivity contribution >= 4 is 56.8 Å². The Kier molecular flexibility index (Phi) is 7.16. The highest BCUT2D eigenvalue weighted by Crippen LogP contribution is 2.24. The van der Waals surface area contributed by atoms with Gasteiger partial charge in [0, 0.05) is 28.7 Å². The molecule has 0 aliphatic rings. The molecular formula is C22H17ClN6O3S2. The Morgan fingerprint density at radius 1 is 1.03 bits per heavy atom. The third-order valence-corrected chi connectivity index (χ3v) is 6.08. The fraction of sp³-hybridized carbons (Fsp3) is 0. The third kappa shape index (κ3) is 6.16. The lowest BCUT2D eigenvalue weighted by Crippen LogP contribution is -2.23. The molecule has 0 unspecified atom stereocenters. The summed E-state index contributed by atoms with van der Waals surface area (Å²) in [5.74, 6) is 1.02. The minimum absolute atomic E-state index is 0.00241. The zero-order valence-electron chi connectivity index (χ0n) is 17.3. The van der Waals surface area contributed by atoms with Gasteiger partial charge in [-0.05, 0) is 72.9 Å². The van der Waals surface area contributed by atoms with Gasteiger partial charge in [0.2, 0.25) is 5.95 Å². The highest BCUT2D eigenvalue weighted by molar-refractivity contribution is 7.92. The lowest BCUT2D eigenvalue weighted by atomic mass is 10.2. The molecule has 2 aromatic carbocycles. The highest BCUT2D eigenvalue weighted by atomic mass is 35.5. The molecule has 0 fully saturated rings. The van der Waals surface area contributed by atoms with E-state index in [0.29, 0.717) is 22.1 Å². The van der Waals surface area contributed by atoms with E-state index in [1.54, 1.807) is 48.5 Å². The lowest BCUT2D eigenvalue weighted by molar-refractivity contribution is 0.574. The first-order chi connectivity index (χ1) is 16.4. The van der Waals surface area contributed by atoms with Crippen molar-refractivity contribution in [3.63, 3.8) is 0 Å². The molecular weight excluding hydrogens is 496 g/mol. The first kappa shape index (κ1) is 23.4. The summed E-state index contributed by atoms with van der Waals surface area (Å²) in [6, 6.07) is 18.4. The van der Waals surface area contributed by atoms with Crippen molar-refractivity contribution in [2.75, 3.05) is 10.0 Å². The van der Waals surface area contributed by atoms with E-state index < -0.39 is 10.0 Å². The molecule has 4 rings (SSSR count). The second kappa shape index (κ2) is 10.4. The Balaban J connectivity index is 1.36. The number of aromatic nitrogens is 2. The van der Waals surface area contributed by atoms with Crippen molar-refractivity contribution in [3.8, 4) is 11.3 Å². The molecule has 0 saturated heterocycles. The number of halogens is 1. The predicted molar refractivity (Wildman–Crippen MR) is 135 cm³/mol. The van der Waals surface area contributed by atoms with Crippen molar-refractivity contribution in [1.82, 2.24) is 15.4 Å². The van der Waals surface area contributed by atoms with E-state index in [9.17, 15) is 8.42 Å². The molecule has 0 amide bonds. The molecule has 9 nitrogen and oxygen atoms in total. The van der Waals surface area contributed by atoms with E-state index in [1.807, 2.05) is 6.07 Å². The number of hydrogen-bond donors (Lipinski definition) is 3. The number of thiocarbonyl (C=S) groups is 1. The van der Waals surface area contributed by atoms with Crippen molar-refractivity contribution in [2.45, 2.75) is 4.90 Å². The highest BCUT2D eigenvalue weighted by Gasteiger charge is 2.16. The van der Waals surface area contributed by atoms with Gasteiger partial charge in [0.1, 0.15) is 11.5 Å². The molecule has 2 aromatic heterocycles. The summed E-state index contributed by atoms with van der Waals surface area (Å²) in [5, 5.41) is 7.89. The fourth-order valence-corrected chi connectivity index (χ4v) is 4.11. The Bertz CT molecular complexity index is 1420. The number of nitrogens with zero attached hydrogens (tertiary/aromatic N) is 3. The number of furan rings is 1. The minimum Gasteiger partial charge on any atom is -0.455 e. The summed E-state index contributed by atoms with van der Waals surface area (Å²) in [4.78, 5) is 7.80. The van der Waals surface area contributed by atoms with Crippen LogP contribution in [0, 0.1) is 0 Å². The van der Waals surface area contributed by atoms with Crippen LogP contribution in [0.5, 0.6) is 0 Å². The van der Waals surface area contributed by atoms with Gasteiger partial charge in [0.15, 0.2) is 5.11 Å². The number of hydrogen-bond acceptors (Lipinski definition) is 7. The van der Waals surface area contributed by atoms with Crippen molar-refractivity contribution in [2.24, 2.45) is 5.10 Å². The van der Waals surface area contributed by atoms with Crippen LogP contribution >= 0.6 is 23.8 Å². The summed E-state index contributed by atoms with van der Waals surface area (Å²) >= 11 is 11.1. The van der Waals surface area contributed by atoms with E-state index in [4.69, 9.17) is 28.2 Å². The van der Waals surface area contributed by atoms with Crippen LogP contribution in [-0.4, -0.2) is 29.7 Å². The molecule has 2 heterocycles. The number of benzene rings is 2. The lowest BCUT2D eigenvalue weighted by Gasteiger charge is -2.07. The number of nitrogens with one attached hydrogen (secondary N) is 3. The molecule has 0 saturated carbocycles. The zero-order valence-corrected chi connectivity index (χ0v) is 19.7. The summed E-state index contributed by atoms with van der Waals surface area (Å²) in [5.41, 5.74) is 4.12. The fourth-order valence-electron chi connectivity index (χ4n) is 2.79. The molecule has 172 valence electrons. The standard InChI is InChI=1S/C22H17ClN6O3S2/c23-16-3-1-4-17(13-16)27-22(33)28-26-14-18-7-10-20(32-18)15-5-8-19(9-6-15)34(30,31)29-21-24-11-2-12-25-21/h1-14H,(H,24,25,29)(H2,27,28,33)/b26-14-. The summed E-state index contributed by atoms with van der Waals surface area (Å²) < 4.78 is 33.1. The maximum absolute atomic E-state index is 12.5.